The van der Waals surface area contributed by atoms with Gasteiger partial charge >= 0.3 is 0 Å². The molecular formula is C22H25FN10O. The average Bonchev–Trinajstić information content (AvgIpc) is 3.43. The summed E-state index contributed by atoms with van der Waals surface area (Å²) in [5.41, 5.74) is 2.24. The van der Waals surface area contributed by atoms with Gasteiger partial charge in [0.25, 0.3) is 5.91 Å². The summed E-state index contributed by atoms with van der Waals surface area (Å²) >= 11 is 0. The van der Waals surface area contributed by atoms with Gasteiger partial charge in [0.15, 0.2) is 11.5 Å². The standard InChI is InChI=1S/C22H25FN10O/c1-13-6-16(19-25-12-26-21(29-19)28-15-9-27-32(5)10-15)17(23)7-14(13)8-24-20(34)18-11-33(31-30-18)22(2,3)4/h6-7,9-12H,8H2,1-5H3,(H,24,34)(H,25,26,28,29). The number of aryl methyl sites for hydroxylation is 2. The molecule has 0 unspecified atom stereocenters. The van der Waals surface area contributed by atoms with Gasteiger partial charge in [-0.25, -0.2) is 19.0 Å². The van der Waals surface area contributed by atoms with Crippen molar-refractivity contribution in [1.29, 1.82) is 0 Å². The summed E-state index contributed by atoms with van der Waals surface area (Å²) in [6.45, 7) is 7.84. The Morgan fingerprint density at radius 3 is 2.65 bits per heavy atom. The van der Waals surface area contributed by atoms with Crippen molar-refractivity contribution in [2.24, 2.45) is 7.05 Å². The first-order valence-corrected chi connectivity index (χ1v) is 10.6. The smallest absolute Gasteiger partial charge is 0.273 e. The molecule has 0 aliphatic carbocycles. The van der Waals surface area contributed by atoms with Crippen LogP contribution >= 0.6 is 0 Å². The van der Waals surface area contributed by atoms with E-state index >= 15 is 0 Å². The molecule has 0 saturated carbocycles. The molecule has 4 rings (SSSR count). The molecule has 2 N–H and O–H groups in total. The number of halogens is 1. The summed E-state index contributed by atoms with van der Waals surface area (Å²) < 4.78 is 18.2. The molecule has 4 aromatic rings. The normalized spacial score (nSPS) is 11.5. The molecule has 0 bridgehead atoms. The number of amides is 1. The second-order valence-corrected chi connectivity index (χ2v) is 8.82. The number of hydrogen-bond acceptors (Lipinski definition) is 8. The minimum atomic E-state index is -0.507. The number of rotatable bonds is 6. The maximum Gasteiger partial charge on any atom is 0.273 e. The highest BCUT2D eigenvalue weighted by atomic mass is 19.1. The van der Waals surface area contributed by atoms with Crippen molar-refractivity contribution in [3.8, 4) is 11.4 Å². The van der Waals surface area contributed by atoms with Crippen LogP contribution in [0.5, 0.6) is 0 Å². The first-order chi connectivity index (χ1) is 16.1. The van der Waals surface area contributed by atoms with E-state index in [2.05, 4.69) is 41.0 Å². The van der Waals surface area contributed by atoms with E-state index in [9.17, 15) is 9.18 Å². The fourth-order valence-corrected chi connectivity index (χ4v) is 3.15. The molecule has 0 aliphatic rings. The molecule has 3 heterocycles. The second kappa shape index (κ2) is 8.96. The van der Waals surface area contributed by atoms with Gasteiger partial charge in [0.2, 0.25) is 5.95 Å². The molecule has 176 valence electrons. The number of aromatic nitrogens is 8. The SMILES string of the molecule is Cc1cc(-c2ncnc(Nc3cnn(C)c3)n2)c(F)cc1CNC(=O)c1cn(C(C)(C)C)nn1. The van der Waals surface area contributed by atoms with Crippen LogP contribution in [0.4, 0.5) is 16.0 Å². The van der Waals surface area contributed by atoms with Crippen LogP contribution in [0.1, 0.15) is 42.4 Å². The lowest BCUT2D eigenvalue weighted by atomic mass is 10.0. The lowest BCUT2D eigenvalue weighted by molar-refractivity contribution is 0.0945. The zero-order chi connectivity index (χ0) is 24.5. The Morgan fingerprint density at radius 1 is 1.18 bits per heavy atom. The summed E-state index contributed by atoms with van der Waals surface area (Å²) in [7, 11) is 1.79. The Kier molecular flexibility index (Phi) is 6.05. The van der Waals surface area contributed by atoms with Crippen molar-refractivity contribution < 1.29 is 9.18 Å². The van der Waals surface area contributed by atoms with Crippen LogP contribution < -0.4 is 10.6 Å². The molecule has 0 atom stereocenters. The molecule has 0 saturated heterocycles. The molecule has 0 radical (unpaired) electrons. The Morgan fingerprint density at radius 2 is 1.97 bits per heavy atom. The highest BCUT2D eigenvalue weighted by Crippen LogP contribution is 2.24. The van der Waals surface area contributed by atoms with Crippen molar-refractivity contribution in [2.45, 2.75) is 39.8 Å². The van der Waals surface area contributed by atoms with Crippen LogP contribution in [0.2, 0.25) is 0 Å². The molecule has 11 nitrogen and oxygen atoms in total. The lowest BCUT2D eigenvalue weighted by Crippen LogP contribution is -2.24. The van der Waals surface area contributed by atoms with Gasteiger partial charge in [0.05, 0.1) is 29.2 Å². The number of carbonyl (C=O) groups excluding carboxylic acids is 1. The molecule has 0 aliphatic heterocycles. The van der Waals surface area contributed by atoms with Crippen molar-refractivity contribution in [3.63, 3.8) is 0 Å². The lowest BCUT2D eigenvalue weighted by Gasteiger charge is -2.17. The van der Waals surface area contributed by atoms with Crippen LogP contribution in [-0.4, -0.2) is 45.6 Å². The van der Waals surface area contributed by atoms with Gasteiger partial charge < -0.3 is 10.6 Å². The average molecular weight is 465 g/mol. The highest BCUT2D eigenvalue weighted by molar-refractivity contribution is 5.91. The van der Waals surface area contributed by atoms with Crippen molar-refractivity contribution in [2.75, 3.05) is 5.32 Å². The third kappa shape index (κ3) is 5.05. The maximum absolute atomic E-state index is 15.0. The maximum atomic E-state index is 15.0. The van der Waals surface area contributed by atoms with E-state index in [4.69, 9.17) is 0 Å². The molecule has 1 aromatic carbocycles. The van der Waals surface area contributed by atoms with Crippen LogP contribution in [0.15, 0.2) is 37.1 Å². The van der Waals surface area contributed by atoms with Gasteiger partial charge in [0, 0.05) is 19.8 Å². The topological polar surface area (TPSA) is 128 Å². The third-order valence-corrected chi connectivity index (χ3v) is 5.05. The number of hydrogen-bond donors (Lipinski definition) is 2. The number of anilines is 2. The van der Waals surface area contributed by atoms with Gasteiger partial charge in [-0.1, -0.05) is 5.21 Å². The third-order valence-electron chi connectivity index (χ3n) is 5.05. The second-order valence-electron chi connectivity index (χ2n) is 8.82. The number of carbonyl (C=O) groups is 1. The molecule has 1 amide bonds. The van der Waals surface area contributed by atoms with E-state index in [0.717, 1.165) is 5.56 Å². The predicted molar refractivity (Wildman–Crippen MR) is 123 cm³/mol. The fraction of sp³-hybridized carbons (Fsp3) is 0.318. The highest BCUT2D eigenvalue weighted by Gasteiger charge is 2.19. The van der Waals surface area contributed by atoms with E-state index in [-0.39, 0.29) is 41.0 Å². The Hall–Kier alpha value is -4.22. The van der Waals surface area contributed by atoms with Gasteiger partial charge in [-0.3, -0.25) is 9.48 Å². The zero-order valence-electron chi connectivity index (χ0n) is 19.5. The van der Waals surface area contributed by atoms with Gasteiger partial charge in [-0.15, -0.1) is 5.10 Å². The predicted octanol–water partition coefficient (Wildman–Crippen LogP) is 2.74. The van der Waals surface area contributed by atoms with Crippen molar-refractivity contribution in [1.82, 2.24) is 45.0 Å². The van der Waals surface area contributed by atoms with Crippen LogP contribution in [0, 0.1) is 12.7 Å². The summed E-state index contributed by atoms with van der Waals surface area (Å²) in [5, 5.41) is 17.8. The largest absolute Gasteiger partial charge is 0.347 e. The van der Waals surface area contributed by atoms with Gasteiger partial charge in [-0.2, -0.15) is 10.1 Å². The van der Waals surface area contributed by atoms with Gasteiger partial charge in [0.1, 0.15) is 12.1 Å². The van der Waals surface area contributed by atoms with Gasteiger partial charge in [-0.05, 0) is 51.0 Å². The number of benzene rings is 1. The number of nitrogens with zero attached hydrogens (tertiary/aromatic N) is 8. The molecule has 0 fully saturated rings. The first kappa shape index (κ1) is 23.0. The van der Waals surface area contributed by atoms with E-state index in [1.54, 1.807) is 41.1 Å². The molecule has 12 heteroatoms. The number of nitrogens with one attached hydrogen (secondary N) is 2. The quantitative estimate of drug-likeness (QED) is 0.446. The summed E-state index contributed by atoms with van der Waals surface area (Å²) in [6.07, 6.45) is 6.29. The monoisotopic (exact) mass is 464 g/mol. The Balaban J connectivity index is 1.48. The minimum absolute atomic E-state index is 0.134. The van der Waals surface area contributed by atoms with Crippen molar-refractivity contribution in [3.05, 3.63) is 59.7 Å². The van der Waals surface area contributed by atoms with E-state index < -0.39 is 5.82 Å². The van der Waals surface area contributed by atoms with Crippen LogP contribution in [-0.2, 0) is 19.1 Å². The summed E-state index contributed by atoms with van der Waals surface area (Å²) in [6, 6.07) is 3.02. The Bertz CT molecular complexity index is 1340. The molecule has 0 spiro atoms. The molecule has 34 heavy (non-hydrogen) atoms. The van der Waals surface area contributed by atoms with E-state index in [1.165, 1.54) is 12.4 Å². The van der Waals surface area contributed by atoms with Crippen LogP contribution in [0.25, 0.3) is 11.4 Å². The summed E-state index contributed by atoms with van der Waals surface area (Å²) in [5.74, 6) is -0.430. The summed E-state index contributed by atoms with van der Waals surface area (Å²) in [4.78, 5) is 25.0. The molecular weight excluding hydrogens is 439 g/mol. The molecule has 3 aromatic heterocycles. The van der Waals surface area contributed by atoms with Crippen LogP contribution in [0.3, 0.4) is 0 Å². The van der Waals surface area contributed by atoms with E-state index in [0.29, 0.717) is 11.3 Å². The zero-order valence-corrected chi connectivity index (χ0v) is 19.5. The Labute approximate surface area is 195 Å². The van der Waals surface area contributed by atoms with Crippen molar-refractivity contribution >= 4 is 17.5 Å². The fourth-order valence-electron chi connectivity index (χ4n) is 3.15. The first-order valence-electron chi connectivity index (χ1n) is 10.6. The van der Waals surface area contributed by atoms with E-state index in [1.807, 2.05) is 27.7 Å². The minimum Gasteiger partial charge on any atom is -0.347 e.